The lowest BCUT2D eigenvalue weighted by molar-refractivity contribution is -0.114. The molecule has 0 radical (unpaired) electrons. The second-order valence-corrected chi connectivity index (χ2v) is 5.61. The molecule has 0 saturated carbocycles. The Hall–Kier alpha value is -2.34. The molecule has 0 saturated heterocycles. The molecular formula is C17H16BrNO4. The number of halogens is 1. The third kappa shape index (κ3) is 5.75. The minimum Gasteiger partial charge on any atom is -0.490 e. The van der Waals surface area contributed by atoms with Crippen molar-refractivity contribution >= 4 is 33.5 Å². The monoisotopic (exact) mass is 377 g/mol. The molecule has 0 aliphatic carbocycles. The van der Waals surface area contributed by atoms with Gasteiger partial charge in [0.05, 0.1) is 5.56 Å². The van der Waals surface area contributed by atoms with Crippen molar-refractivity contribution in [1.82, 2.24) is 0 Å². The number of hydrogen-bond acceptors (Lipinski definition) is 4. The maximum absolute atomic E-state index is 11.9. The third-order valence-electron chi connectivity index (χ3n) is 2.84. The average molecular weight is 378 g/mol. The molecule has 0 heterocycles. The Balaban J connectivity index is 1.76. The third-order valence-corrected chi connectivity index (χ3v) is 3.37. The van der Waals surface area contributed by atoms with E-state index >= 15 is 0 Å². The SMILES string of the molecule is CC(=O)Nc1ccc(C(=O)OCCOc2ccc(Br)cc2)cc1. The van der Waals surface area contributed by atoms with Crippen LogP contribution in [0.1, 0.15) is 17.3 Å². The molecule has 23 heavy (non-hydrogen) atoms. The van der Waals surface area contributed by atoms with E-state index in [-0.39, 0.29) is 19.1 Å². The van der Waals surface area contributed by atoms with Crippen LogP contribution in [0, 0.1) is 0 Å². The minimum absolute atomic E-state index is 0.155. The number of hydrogen-bond donors (Lipinski definition) is 1. The van der Waals surface area contributed by atoms with E-state index in [0.717, 1.165) is 4.47 Å². The van der Waals surface area contributed by atoms with Crippen LogP contribution in [0.2, 0.25) is 0 Å². The number of nitrogens with one attached hydrogen (secondary N) is 1. The first-order valence-corrected chi connectivity index (χ1v) is 7.77. The number of carbonyl (C=O) groups is 2. The fourth-order valence-electron chi connectivity index (χ4n) is 1.80. The van der Waals surface area contributed by atoms with E-state index in [1.54, 1.807) is 24.3 Å². The summed E-state index contributed by atoms with van der Waals surface area (Å²) in [5.74, 6) is 0.119. The van der Waals surface area contributed by atoms with Crippen molar-refractivity contribution in [2.75, 3.05) is 18.5 Å². The molecule has 120 valence electrons. The molecule has 0 atom stereocenters. The molecule has 1 N–H and O–H groups in total. The smallest absolute Gasteiger partial charge is 0.338 e. The van der Waals surface area contributed by atoms with Gasteiger partial charge in [-0.1, -0.05) is 15.9 Å². The Morgan fingerprint density at radius 3 is 2.26 bits per heavy atom. The maximum atomic E-state index is 11.9. The van der Waals surface area contributed by atoms with Gasteiger partial charge in [0.25, 0.3) is 0 Å². The lowest BCUT2D eigenvalue weighted by Crippen LogP contribution is -2.12. The zero-order valence-corrected chi connectivity index (χ0v) is 14.1. The van der Waals surface area contributed by atoms with Crippen molar-refractivity contribution in [2.45, 2.75) is 6.92 Å². The van der Waals surface area contributed by atoms with E-state index in [4.69, 9.17) is 9.47 Å². The predicted octanol–water partition coefficient (Wildman–Crippen LogP) is 3.64. The molecule has 0 bridgehead atoms. The Kier molecular flexibility index (Phi) is 6.17. The van der Waals surface area contributed by atoms with E-state index in [9.17, 15) is 9.59 Å². The first-order chi connectivity index (χ1) is 11.0. The van der Waals surface area contributed by atoms with Gasteiger partial charge in [0, 0.05) is 17.1 Å². The summed E-state index contributed by atoms with van der Waals surface area (Å²) in [6, 6.07) is 13.9. The molecule has 5 nitrogen and oxygen atoms in total. The van der Waals surface area contributed by atoms with Crippen LogP contribution in [-0.4, -0.2) is 25.1 Å². The Labute approximate surface area is 142 Å². The van der Waals surface area contributed by atoms with E-state index in [2.05, 4.69) is 21.2 Å². The summed E-state index contributed by atoms with van der Waals surface area (Å²) in [5, 5.41) is 2.63. The molecule has 6 heteroatoms. The number of rotatable bonds is 6. The second-order valence-electron chi connectivity index (χ2n) is 4.70. The molecule has 2 aromatic carbocycles. The van der Waals surface area contributed by atoms with Crippen molar-refractivity contribution in [1.29, 1.82) is 0 Å². The topological polar surface area (TPSA) is 64.6 Å². The summed E-state index contributed by atoms with van der Waals surface area (Å²) in [6.45, 7) is 1.85. The van der Waals surface area contributed by atoms with Crippen LogP contribution in [0.3, 0.4) is 0 Å². The van der Waals surface area contributed by atoms with E-state index in [0.29, 0.717) is 17.0 Å². The van der Waals surface area contributed by atoms with Gasteiger partial charge < -0.3 is 14.8 Å². The molecule has 0 fully saturated rings. The highest BCUT2D eigenvalue weighted by Gasteiger charge is 2.07. The van der Waals surface area contributed by atoms with Crippen LogP contribution in [0.5, 0.6) is 5.75 Å². The van der Waals surface area contributed by atoms with Crippen LogP contribution in [0.25, 0.3) is 0 Å². The summed E-state index contributed by atoms with van der Waals surface area (Å²) >= 11 is 3.34. The van der Waals surface area contributed by atoms with Gasteiger partial charge in [-0.15, -0.1) is 0 Å². The first-order valence-electron chi connectivity index (χ1n) is 6.98. The second kappa shape index (κ2) is 8.33. The minimum atomic E-state index is -0.432. The van der Waals surface area contributed by atoms with Crippen molar-refractivity contribution < 1.29 is 19.1 Å². The number of carbonyl (C=O) groups excluding carboxylic acids is 2. The van der Waals surface area contributed by atoms with Crippen LogP contribution < -0.4 is 10.1 Å². The lowest BCUT2D eigenvalue weighted by Gasteiger charge is -2.08. The van der Waals surface area contributed by atoms with Crippen molar-refractivity contribution in [3.8, 4) is 5.75 Å². The standard InChI is InChI=1S/C17H16BrNO4/c1-12(20)19-15-6-2-13(3-7-15)17(21)23-11-10-22-16-8-4-14(18)5-9-16/h2-9H,10-11H2,1H3,(H,19,20). The number of amides is 1. The predicted molar refractivity (Wildman–Crippen MR) is 90.7 cm³/mol. The molecule has 2 rings (SSSR count). The lowest BCUT2D eigenvalue weighted by atomic mass is 10.2. The number of anilines is 1. The van der Waals surface area contributed by atoms with Gasteiger partial charge in [0.1, 0.15) is 19.0 Å². The summed E-state index contributed by atoms with van der Waals surface area (Å²) in [6.07, 6.45) is 0. The van der Waals surface area contributed by atoms with Crippen LogP contribution in [0.4, 0.5) is 5.69 Å². The van der Waals surface area contributed by atoms with E-state index in [1.165, 1.54) is 6.92 Å². The summed E-state index contributed by atoms with van der Waals surface area (Å²) in [7, 11) is 0. The van der Waals surface area contributed by atoms with Gasteiger partial charge in [0.2, 0.25) is 5.91 Å². The summed E-state index contributed by atoms with van der Waals surface area (Å²) in [4.78, 5) is 22.8. The number of benzene rings is 2. The van der Waals surface area contributed by atoms with Gasteiger partial charge in [-0.3, -0.25) is 4.79 Å². The molecule has 0 spiro atoms. The molecular weight excluding hydrogens is 362 g/mol. The molecule has 0 unspecified atom stereocenters. The van der Waals surface area contributed by atoms with Crippen LogP contribution in [0.15, 0.2) is 53.0 Å². The fraction of sp³-hybridized carbons (Fsp3) is 0.176. The Morgan fingerprint density at radius 1 is 1.00 bits per heavy atom. The Bertz CT molecular complexity index is 668. The number of ether oxygens (including phenoxy) is 2. The van der Waals surface area contributed by atoms with Gasteiger partial charge in [0.15, 0.2) is 0 Å². The molecule has 2 aromatic rings. The highest BCUT2D eigenvalue weighted by molar-refractivity contribution is 9.10. The number of esters is 1. The van der Waals surface area contributed by atoms with Crippen molar-refractivity contribution in [2.24, 2.45) is 0 Å². The first kappa shape index (κ1) is 17.0. The zero-order chi connectivity index (χ0) is 16.7. The summed E-state index contributed by atoms with van der Waals surface area (Å²) in [5.41, 5.74) is 1.05. The quantitative estimate of drug-likeness (QED) is 0.616. The van der Waals surface area contributed by atoms with Gasteiger partial charge in [-0.2, -0.15) is 0 Å². The van der Waals surface area contributed by atoms with Gasteiger partial charge in [-0.05, 0) is 48.5 Å². The van der Waals surface area contributed by atoms with Gasteiger partial charge in [-0.25, -0.2) is 4.79 Å². The highest BCUT2D eigenvalue weighted by Crippen LogP contribution is 2.16. The maximum Gasteiger partial charge on any atom is 0.338 e. The molecule has 0 aromatic heterocycles. The Morgan fingerprint density at radius 2 is 1.65 bits per heavy atom. The molecule has 0 aliphatic rings. The van der Waals surface area contributed by atoms with E-state index < -0.39 is 5.97 Å². The highest BCUT2D eigenvalue weighted by atomic mass is 79.9. The van der Waals surface area contributed by atoms with Crippen LogP contribution in [-0.2, 0) is 9.53 Å². The largest absolute Gasteiger partial charge is 0.490 e. The normalized spacial score (nSPS) is 10.0. The van der Waals surface area contributed by atoms with Crippen LogP contribution >= 0.6 is 15.9 Å². The molecule has 1 amide bonds. The average Bonchev–Trinajstić information content (AvgIpc) is 2.53. The van der Waals surface area contributed by atoms with Crippen molar-refractivity contribution in [3.63, 3.8) is 0 Å². The molecule has 0 aliphatic heterocycles. The van der Waals surface area contributed by atoms with E-state index in [1.807, 2.05) is 24.3 Å². The summed E-state index contributed by atoms with van der Waals surface area (Å²) < 4.78 is 11.6. The van der Waals surface area contributed by atoms with Crippen molar-refractivity contribution in [3.05, 3.63) is 58.6 Å². The van der Waals surface area contributed by atoms with Gasteiger partial charge >= 0.3 is 5.97 Å². The fourth-order valence-corrected chi connectivity index (χ4v) is 2.07. The zero-order valence-electron chi connectivity index (χ0n) is 12.5.